The van der Waals surface area contributed by atoms with Gasteiger partial charge in [-0.2, -0.15) is 4.80 Å². The second-order valence-corrected chi connectivity index (χ2v) is 6.41. The van der Waals surface area contributed by atoms with Gasteiger partial charge in [-0.25, -0.2) is 0 Å². The topological polar surface area (TPSA) is 91.2 Å². The van der Waals surface area contributed by atoms with E-state index in [0.717, 1.165) is 16.7 Å². The van der Waals surface area contributed by atoms with E-state index in [1.807, 2.05) is 56.3 Å². The summed E-state index contributed by atoms with van der Waals surface area (Å²) in [5, 5.41) is 15.2. The van der Waals surface area contributed by atoms with Crippen molar-refractivity contribution in [3.63, 3.8) is 0 Å². The van der Waals surface area contributed by atoms with Crippen LogP contribution < -0.4 is 14.8 Å². The molecule has 8 nitrogen and oxygen atoms in total. The van der Waals surface area contributed by atoms with E-state index in [9.17, 15) is 4.79 Å². The van der Waals surface area contributed by atoms with Gasteiger partial charge in [-0.05, 0) is 36.8 Å². The van der Waals surface area contributed by atoms with Crippen molar-refractivity contribution in [1.29, 1.82) is 0 Å². The summed E-state index contributed by atoms with van der Waals surface area (Å²) < 4.78 is 10.7. The molecule has 0 spiro atoms. The summed E-state index contributed by atoms with van der Waals surface area (Å²) >= 11 is 0. The molecule has 0 bridgehead atoms. The molecule has 0 saturated carbocycles. The molecular weight excluding hydrogens is 346 g/mol. The maximum atomic E-state index is 12.3. The fraction of sp³-hybridized carbons (Fsp3) is 0.263. The van der Waals surface area contributed by atoms with Gasteiger partial charge in [-0.3, -0.25) is 4.79 Å². The number of carbonyl (C=O) groups excluding carboxylic acids is 1. The molecule has 27 heavy (non-hydrogen) atoms. The Labute approximate surface area is 156 Å². The first-order valence-electron chi connectivity index (χ1n) is 8.62. The lowest BCUT2D eigenvalue weighted by Gasteiger charge is -2.14. The number of hydrogen-bond acceptors (Lipinski definition) is 6. The van der Waals surface area contributed by atoms with Gasteiger partial charge in [0.2, 0.25) is 18.5 Å². The standard InChI is InChI=1S/C19H19N5O3/c1-12-3-5-14(6-4-12)19-21-23-24(22-19)10-18(25)20-13(2)15-7-8-16-17(9-15)27-11-26-16/h3-9,13H,10-11H2,1-2H3,(H,20,25)/t13-/m0/s1. The number of ether oxygens (including phenoxy) is 2. The van der Waals surface area contributed by atoms with Crippen molar-refractivity contribution in [3.8, 4) is 22.9 Å². The first-order chi connectivity index (χ1) is 13.1. The van der Waals surface area contributed by atoms with E-state index < -0.39 is 0 Å². The molecule has 2 heterocycles. The Kier molecular flexibility index (Phi) is 4.45. The van der Waals surface area contributed by atoms with E-state index in [-0.39, 0.29) is 25.3 Å². The molecule has 3 aromatic rings. The van der Waals surface area contributed by atoms with Gasteiger partial charge in [0, 0.05) is 5.56 Å². The van der Waals surface area contributed by atoms with Crippen molar-refractivity contribution in [2.45, 2.75) is 26.4 Å². The number of rotatable bonds is 5. The van der Waals surface area contributed by atoms with Crippen LogP contribution in [0.2, 0.25) is 0 Å². The smallest absolute Gasteiger partial charge is 0.244 e. The van der Waals surface area contributed by atoms with E-state index in [2.05, 4.69) is 20.7 Å². The lowest BCUT2D eigenvalue weighted by Crippen LogP contribution is -2.30. The largest absolute Gasteiger partial charge is 0.454 e. The molecule has 2 aromatic carbocycles. The van der Waals surface area contributed by atoms with Crippen LogP contribution in [0.15, 0.2) is 42.5 Å². The van der Waals surface area contributed by atoms with Crippen molar-refractivity contribution < 1.29 is 14.3 Å². The molecule has 138 valence electrons. The number of benzene rings is 2. The minimum atomic E-state index is -0.201. The zero-order valence-corrected chi connectivity index (χ0v) is 15.0. The molecule has 0 fully saturated rings. The highest BCUT2D eigenvalue weighted by molar-refractivity contribution is 5.76. The summed E-state index contributed by atoms with van der Waals surface area (Å²) in [6, 6.07) is 13.3. The molecule has 0 unspecified atom stereocenters. The first-order valence-corrected chi connectivity index (χ1v) is 8.62. The molecule has 1 atom stereocenters. The van der Waals surface area contributed by atoms with Crippen LogP contribution in [-0.2, 0) is 11.3 Å². The second-order valence-electron chi connectivity index (χ2n) is 6.41. The van der Waals surface area contributed by atoms with Gasteiger partial charge in [0.1, 0.15) is 6.54 Å². The van der Waals surface area contributed by atoms with Crippen LogP contribution in [0, 0.1) is 6.92 Å². The molecule has 4 rings (SSSR count). The van der Waals surface area contributed by atoms with Crippen LogP contribution >= 0.6 is 0 Å². The van der Waals surface area contributed by atoms with Crippen molar-refractivity contribution in [2.24, 2.45) is 0 Å². The number of carbonyl (C=O) groups is 1. The summed E-state index contributed by atoms with van der Waals surface area (Å²) in [5.74, 6) is 1.70. The maximum absolute atomic E-state index is 12.3. The molecule has 1 amide bonds. The van der Waals surface area contributed by atoms with Crippen molar-refractivity contribution in [2.75, 3.05) is 6.79 Å². The maximum Gasteiger partial charge on any atom is 0.244 e. The zero-order valence-electron chi connectivity index (χ0n) is 15.0. The van der Waals surface area contributed by atoms with E-state index >= 15 is 0 Å². The Morgan fingerprint density at radius 1 is 1.19 bits per heavy atom. The second kappa shape index (κ2) is 7.06. The van der Waals surface area contributed by atoms with E-state index in [1.54, 1.807) is 0 Å². The van der Waals surface area contributed by atoms with Gasteiger partial charge in [-0.15, -0.1) is 10.2 Å². The van der Waals surface area contributed by atoms with Crippen LogP contribution in [0.3, 0.4) is 0 Å². The number of aromatic nitrogens is 4. The summed E-state index contributed by atoms with van der Waals surface area (Å²) in [6.07, 6.45) is 0. The van der Waals surface area contributed by atoms with Crippen LogP contribution in [0.5, 0.6) is 11.5 Å². The first kappa shape index (κ1) is 17.0. The number of nitrogens with zero attached hydrogens (tertiary/aromatic N) is 4. The Bertz CT molecular complexity index is 968. The molecule has 1 aliphatic heterocycles. The van der Waals surface area contributed by atoms with Gasteiger partial charge >= 0.3 is 0 Å². The van der Waals surface area contributed by atoms with Gasteiger partial charge in [0.15, 0.2) is 11.5 Å². The average molecular weight is 365 g/mol. The highest BCUT2D eigenvalue weighted by atomic mass is 16.7. The van der Waals surface area contributed by atoms with Gasteiger partial charge in [-0.1, -0.05) is 35.9 Å². The third kappa shape index (κ3) is 3.74. The van der Waals surface area contributed by atoms with Crippen LogP contribution in [0.1, 0.15) is 24.1 Å². The molecule has 1 N–H and O–H groups in total. The van der Waals surface area contributed by atoms with Gasteiger partial charge in [0.25, 0.3) is 0 Å². The molecule has 1 aromatic heterocycles. The Morgan fingerprint density at radius 2 is 1.96 bits per heavy atom. The molecule has 0 radical (unpaired) electrons. The minimum Gasteiger partial charge on any atom is -0.454 e. The lowest BCUT2D eigenvalue weighted by molar-refractivity contribution is -0.122. The number of amides is 1. The number of tetrazole rings is 1. The fourth-order valence-corrected chi connectivity index (χ4v) is 2.81. The molecule has 0 saturated heterocycles. The van der Waals surface area contributed by atoms with Crippen molar-refractivity contribution in [1.82, 2.24) is 25.5 Å². The third-order valence-electron chi connectivity index (χ3n) is 4.32. The molecule has 8 heteroatoms. The zero-order chi connectivity index (χ0) is 18.8. The van der Waals surface area contributed by atoms with E-state index in [1.165, 1.54) is 4.80 Å². The highest BCUT2D eigenvalue weighted by Crippen LogP contribution is 2.34. The normalized spacial score (nSPS) is 13.4. The molecular formula is C19H19N5O3. The highest BCUT2D eigenvalue weighted by Gasteiger charge is 2.17. The van der Waals surface area contributed by atoms with Gasteiger partial charge < -0.3 is 14.8 Å². The summed E-state index contributed by atoms with van der Waals surface area (Å²) in [6.45, 7) is 4.14. The monoisotopic (exact) mass is 365 g/mol. The average Bonchev–Trinajstić information content (AvgIpc) is 3.30. The van der Waals surface area contributed by atoms with Crippen LogP contribution in [0.25, 0.3) is 11.4 Å². The third-order valence-corrected chi connectivity index (χ3v) is 4.32. The predicted octanol–water partition coefficient (Wildman–Crippen LogP) is 2.25. The SMILES string of the molecule is Cc1ccc(-c2nnn(CC(=O)N[C@@H](C)c3ccc4c(c3)OCO4)n2)cc1. The fourth-order valence-electron chi connectivity index (χ4n) is 2.81. The number of hydrogen-bond donors (Lipinski definition) is 1. The number of nitrogens with one attached hydrogen (secondary N) is 1. The Morgan fingerprint density at radius 3 is 2.78 bits per heavy atom. The lowest BCUT2D eigenvalue weighted by atomic mass is 10.1. The summed E-state index contributed by atoms with van der Waals surface area (Å²) in [7, 11) is 0. The molecule has 1 aliphatic rings. The Balaban J connectivity index is 1.38. The van der Waals surface area contributed by atoms with Crippen LogP contribution in [-0.4, -0.2) is 32.9 Å². The number of aryl methyl sites for hydroxylation is 1. The van der Waals surface area contributed by atoms with E-state index in [0.29, 0.717) is 17.3 Å². The number of fused-ring (bicyclic) bond motifs is 1. The quantitative estimate of drug-likeness (QED) is 0.746. The van der Waals surface area contributed by atoms with Crippen molar-refractivity contribution >= 4 is 5.91 Å². The summed E-state index contributed by atoms with van der Waals surface area (Å²) in [4.78, 5) is 13.6. The van der Waals surface area contributed by atoms with Crippen LogP contribution in [0.4, 0.5) is 0 Å². The summed E-state index contributed by atoms with van der Waals surface area (Å²) in [5.41, 5.74) is 2.95. The Hall–Kier alpha value is -3.42. The van der Waals surface area contributed by atoms with E-state index in [4.69, 9.17) is 9.47 Å². The van der Waals surface area contributed by atoms with Crippen molar-refractivity contribution in [3.05, 3.63) is 53.6 Å². The molecule has 0 aliphatic carbocycles. The predicted molar refractivity (Wildman–Crippen MR) is 97.1 cm³/mol. The minimum absolute atomic E-state index is 0.00620. The van der Waals surface area contributed by atoms with Gasteiger partial charge in [0.05, 0.1) is 6.04 Å².